The van der Waals surface area contributed by atoms with Gasteiger partial charge in [0.1, 0.15) is 5.75 Å². The van der Waals surface area contributed by atoms with Crippen molar-refractivity contribution in [1.29, 1.82) is 0 Å². The molecule has 1 aromatic heterocycles. The minimum atomic E-state index is -0.605. The van der Waals surface area contributed by atoms with Crippen molar-refractivity contribution < 1.29 is 18.9 Å². The average Bonchev–Trinajstić information content (AvgIpc) is 3.03. The highest BCUT2D eigenvalue weighted by molar-refractivity contribution is 5.77. The fourth-order valence-corrected chi connectivity index (χ4v) is 3.22. The molecule has 1 atom stereocenters. The van der Waals surface area contributed by atoms with Gasteiger partial charge in [0.05, 0.1) is 29.2 Å². The number of carbonyl (C=O) groups excluding carboxylic acids is 1. The molecule has 1 amide bonds. The van der Waals surface area contributed by atoms with Gasteiger partial charge in [-0.3, -0.25) is 19.5 Å². The number of nitro benzene ring substituents is 1. The zero-order chi connectivity index (χ0) is 21.7. The van der Waals surface area contributed by atoms with Crippen LogP contribution in [-0.2, 0) is 11.3 Å². The maximum atomic E-state index is 12.3. The number of amides is 1. The number of hydrogen-bond donors (Lipinski definition) is 1. The largest absolute Gasteiger partial charge is 0.494 e. The van der Waals surface area contributed by atoms with Gasteiger partial charge in [-0.1, -0.05) is 12.1 Å². The van der Waals surface area contributed by atoms with Crippen molar-refractivity contribution >= 4 is 22.7 Å². The molecule has 0 aliphatic carbocycles. The van der Waals surface area contributed by atoms with Crippen LogP contribution in [0.4, 0.5) is 5.69 Å². The zero-order valence-electron chi connectivity index (χ0n) is 16.8. The summed E-state index contributed by atoms with van der Waals surface area (Å²) in [6.45, 7) is 4.64. The van der Waals surface area contributed by atoms with Gasteiger partial charge in [-0.2, -0.15) is 0 Å². The molecule has 0 spiro atoms. The van der Waals surface area contributed by atoms with Crippen molar-refractivity contribution in [2.45, 2.75) is 39.3 Å². The van der Waals surface area contributed by atoms with E-state index >= 15 is 0 Å². The maximum absolute atomic E-state index is 12.3. The molecule has 0 aliphatic heterocycles. The van der Waals surface area contributed by atoms with E-state index in [1.807, 2.05) is 38.1 Å². The molecule has 30 heavy (non-hydrogen) atoms. The van der Waals surface area contributed by atoms with Crippen molar-refractivity contribution in [2.24, 2.45) is 0 Å². The van der Waals surface area contributed by atoms with Crippen molar-refractivity contribution in [1.82, 2.24) is 9.88 Å². The van der Waals surface area contributed by atoms with Gasteiger partial charge in [-0.15, -0.1) is 0 Å². The van der Waals surface area contributed by atoms with Gasteiger partial charge < -0.3 is 14.5 Å². The molecule has 158 valence electrons. The van der Waals surface area contributed by atoms with Gasteiger partial charge in [0.2, 0.25) is 5.91 Å². The lowest BCUT2D eigenvalue weighted by molar-refractivity contribution is -0.384. The molecule has 0 bridgehead atoms. The lowest BCUT2D eigenvalue weighted by Gasteiger charge is -2.15. The maximum Gasteiger partial charge on any atom is 0.419 e. The van der Waals surface area contributed by atoms with E-state index in [1.165, 1.54) is 22.8 Å². The number of aromatic nitrogens is 1. The van der Waals surface area contributed by atoms with E-state index in [0.717, 1.165) is 11.3 Å². The van der Waals surface area contributed by atoms with Gasteiger partial charge in [-0.25, -0.2) is 4.79 Å². The smallest absolute Gasteiger partial charge is 0.419 e. The quantitative estimate of drug-likeness (QED) is 0.423. The van der Waals surface area contributed by atoms with Crippen LogP contribution < -0.4 is 15.8 Å². The molecule has 1 N–H and O–H groups in total. The van der Waals surface area contributed by atoms with Crippen molar-refractivity contribution in [3.8, 4) is 5.75 Å². The van der Waals surface area contributed by atoms with Gasteiger partial charge in [0.25, 0.3) is 5.69 Å². The van der Waals surface area contributed by atoms with E-state index in [9.17, 15) is 19.7 Å². The Bertz CT molecular complexity index is 1120. The van der Waals surface area contributed by atoms with E-state index in [2.05, 4.69) is 5.32 Å². The van der Waals surface area contributed by atoms with E-state index in [4.69, 9.17) is 9.15 Å². The van der Waals surface area contributed by atoms with Crippen LogP contribution in [-0.4, -0.2) is 22.0 Å². The normalized spacial score (nSPS) is 11.9. The Labute approximate surface area is 172 Å². The highest BCUT2D eigenvalue weighted by Crippen LogP contribution is 2.21. The standard InChI is InChI=1S/C21H23N3O6/c1-3-29-17-7-4-6-15(12-17)14(2)22-20(25)8-5-11-23-18-10-9-16(24(27)28)13-19(18)30-21(23)26/h4,6-7,9-10,12-14H,3,5,8,11H2,1-2H3,(H,22,25). The number of hydrogen-bond acceptors (Lipinski definition) is 6. The molecule has 3 aromatic rings. The number of benzene rings is 2. The van der Waals surface area contributed by atoms with E-state index < -0.39 is 10.7 Å². The summed E-state index contributed by atoms with van der Waals surface area (Å²) in [5.74, 6) is 0.00959. The Morgan fingerprint density at radius 3 is 2.83 bits per heavy atom. The predicted molar refractivity (Wildman–Crippen MR) is 111 cm³/mol. The van der Waals surface area contributed by atoms with Crippen LogP contribution in [0.3, 0.4) is 0 Å². The first-order valence-electron chi connectivity index (χ1n) is 9.69. The van der Waals surface area contributed by atoms with E-state index in [1.54, 1.807) is 0 Å². The van der Waals surface area contributed by atoms with Crippen LogP contribution in [0.2, 0.25) is 0 Å². The van der Waals surface area contributed by atoms with Crippen LogP contribution in [0.25, 0.3) is 11.1 Å². The second-order valence-electron chi connectivity index (χ2n) is 6.83. The van der Waals surface area contributed by atoms with E-state index in [0.29, 0.717) is 18.5 Å². The lowest BCUT2D eigenvalue weighted by Crippen LogP contribution is -2.27. The number of aryl methyl sites for hydroxylation is 1. The van der Waals surface area contributed by atoms with Crippen LogP contribution in [0.5, 0.6) is 5.75 Å². The minimum absolute atomic E-state index is 0.138. The number of carbonyl (C=O) groups is 1. The Kier molecular flexibility index (Phi) is 6.51. The molecular formula is C21H23N3O6. The van der Waals surface area contributed by atoms with Gasteiger partial charge >= 0.3 is 5.76 Å². The molecule has 9 nitrogen and oxygen atoms in total. The van der Waals surface area contributed by atoms with Gasteiger partial charge in [0.15, 0.2) is 5.58 Å². The van der Waals surface area contributed by atoms with Gasteiger partial charge in [0, 0.05) is 19.0 Å². The summed E-state index contributed by atoms with van der Waals surface area (Å²) in [5.41, 5.74) is 1.41. The van der Waals surface area contributed by atoms with E-state index in [-0.39, 0.29) is 36.2 Å². The first-order valence-corrected chi connectivity index (χ1v) is 9.69. The molecule has 0 fully saturated rings. The molecular weight excluding hydrogens is 390 g/mol. The van der Waals surface area contributed by atoms with Crippen molar-refractivity contribution in [2.75, 3.05) is 6.61 Å². The lowest BCUT2D eigenvalue weighted by atomic mass is 10.1. The Hall–Kier alpha value is -3.62. The summed E-state index contributed by atoms with van der Waals surface area (Å²) >= 11 is 0. The minimum Gasteiger partial charge on any atom is -0.494 e. The highest BCUT2D eigenvalue weighted by Gasteiger charge is 2.15. The molecule has 0 saturated heterocycles. The molecule has 1 unspecified atom stereocenters. The molecule has 1 heterocycles. The first-order chi connectivity index (χ1) is 14.4. The molecule has 9 heteroatoms. The van der Waals surface area contributed by atoms with Crippen LogP contribution in [0, 0.1) is 10.1 Å². The third kappa shape index (κ3) is 4.86. The third-order valence-electron chi connectivity index (χ3n) is 4.69. The Morgan fingerprint density at radius 2 is 2.10 bits per heavy atom. The topological polar surface area (TPSA) is 117 Å². The van der Waals surface area contributed by atoms with Crippen LogP contribution >= 0.6 is 0 Å². The average molecular weight is 413 g/mol. The number of ether oxygens (including phenoxy) is 1. The van der Waals surface area contributed by atoms with Crippen molar-refractivity contribution in [3.05, 3.63) is 68.7 Å². The summed E-state index contributed by atoms with van der Waals surface area (Å²) in [4.78, 5) is 34.7. The second kappa shape index (κ2) is 9.25. The summed E-state index contributed by atoms with van der Waals surface area (Å²) in [5, 5.41) is 13.8. The molecule has 2 aromatic carbocycles. The highest BCUT2D eigenvalue weighted by atomic mass is 16.6. The second-order valence-corrected chi connectivity index (χ2v) is 6.83. The summed E-state index contributed by atoms with van der Waals surface area (Å²) < 4.78 is 12.0. The number of nitro groups is 1. The molecule has 3 rings (SSSR count). The third-order valence-corrected chi connectivity index (χ3v) is 4.69. The number of non-ortho nitro benzene ring substituents is 1. The fraction of sp³-hybridized carbons (Fsp3) is 0.333. The summed E-state index contributed by atoms with van der Waals surface area (Å²) in [6.07, 6.45) is 0.644. The van der Waals surface area contributed by atoms with Crippen LogP contribution in [0.15, 0.2) is 51.7 Å². The molecule has 0 aliphatic rings. The molecule has 0 saturated carbocycles. The Morgan fingerprint density at radius 1 is 1.30 bits per heavy atom. The Balaban J connectivity index is 1.58. The fourth-order valence-electron chi connectivity index (χ4n) is 3.22. The number of nitrogens with zero attached hydrogens (tertiary/aromatic N) is 2. The van der Waals surface area contributed by atoms with Gasteiger partial charge in [-0.05, 0) is 44.0 Å². The van der Waals surface area contributed by atoms with Crippen molar-refractivity contribution in [3.63, 3.8) is 0 Å². The molecule has 0 radical (unpaired) electrons. The zero-order valence-corrected chi connectivity index (χ0v) is 16.8. The number of nitrogens with one attached hydrogen (secondary N) is 1. The first kappa shape index (κ1) is 21.1. The number of oxazole rings is 1. The number of fused-ring (bicyclic) bond motifs is 1. The summed E-state index contributed by atoms with van der Waals surface area (Å²) in [7, 11) is 0. The predicted octanol–water partition coefficient (Wildman–Crippen LogP) is 3.56. The summed E-state index contributed by atoms with van der Waals surface area (Å²) in [6, 6.07) is 11.4. The monoisotopic (exact) mass is 413 g/mol. The number of rotatable bonds is 9. The van der Waals surface area contributed by atoms with Crippen LogP contribution in [0.1, 0.15) is 38.3 Å². The SMILES string of the molecule is CCOc1cccc(C(C)NC(=O)CCCn2c(=O)oc3cc([N+](=O)[O-])ccc32)c1.